The van der Waals surface area contributed by atoms with Crippen molar-refractivity contribution in [2.24, 2.45) is 11.5 Å². The van der Waals surface area contributed by atoms with E-state index in [1.54, 1.807) is 7.05 Å². The van der Waals surface area contributed by atoms with Gasteiger partial charge in [0.05, 0.1) is 0 Å². The summed E-state index contributed by atoms with van der Waals surface area (Å²) in [5, 5.41) is 7.96. The first-order chi connectivity index (χ1) is 15.3. The van der Waals surface area contributed by atoms with Crippen LogP contribution in [0.1, 0.15) is 41.4 Å². The minimum atomic E-state index is -0.605. The number of carbonyl (C=O) groups excluding carboxylic acids is 4. The third-order valence-electron chi connectivity index (χ3n) is 4.31. The van der Waals surface area contributed by atoms with Gasteiger partial charge in [0.25, 0.3) is 11.8 Å². The van der Waals surface area contributed by atoms with Gasteiger partial charge in [-0.2, -0.15) is 9.97 Å². The number of amides is 4. The molecule has 0 fully saturated rings. The van der Waals surface area contributed by atoms with Crippen molar-refractivity contribution >= 4 is 41.2 Å². The Morgan fingerprint density at radius 3 is 1.50 bits per heavy atom. The molecule has 0 radical (unpaired) electrons. The molecule has 1 aromatic heterocycles. The van der Waals surface area contributed by atoms with Crippen LogP contribution >= 0.6 is 0 Å². The average Bonchev–Trinajstić information content (AvgIpc) is 2.78. The third kappa shape index (κ3) is 5.21. The molecule has 0 spiro atoms. The van der Waals surface area contributed by atoms with Crippen molar-refractivity contribution in [1.29, 1.82) is 0 Å². The van der Waals surface area contributed by atoms with Crippen molar-refractivity contribution in [2.45, 2.75) is 0 Å². The number of aromatic nitrogens is 2. The largest absolute Gasteiger partial charge is 0.373 e. The van der Waals surface area contributed by atoms with Crippen LogP contribution in [0.5, 0.6) is 0 Å². The van der Waals surface area contributed by atoms with Crippen LogP contribution in [0.25, 0.3) is 0 Å². The number of hydrogen-bond donors (Lipinski definition) is 5. The first kappa shape index (κ1) is 21.9. The Hall–Kier alpha value is -4.80. The normalized spacial score (nSPS) is 10.2. The van der Waals surface area contributed by atoms with Crippen LogP contribution in [-0.2, 0) is 0 Å². The van der Waals surface area contributed by atoms with E-state index in [1.807, 2.05) is 0 Å². The maximum absolute atomic E-state index is 12.5. The Balaban J connectivity index is 1.77. The van der Waals surface area contributed by atoms with Crippen molar-refractivity contribution in [3.63, 3.8) is 0 Å². The third-order valence-corrected chi connectivity index (χ3v) is 4.31. The van der Waals surface area contributed by atoms with Gasteiger partial charge in [0.2, 0.25) is 17.8 Å². The van der Waals surface area contributed by atoms with E-state index in [0.29, 0.717) is 5.82 Å². The van der Waals surface area contributed by atoms with Crippen LogP contribution in [-0.4, -0.2) is 40.6 Å². The Bertz CT molecular complexity index is 1100. The predicted octanol–water partition coefficient (Wildman–Crippen LogP) is 1.22. The number of primary amides is 2. The molecule has 0 aliphatic heterocycles. The highest BCUT2D eigenvalue weighted by atomic mass is 16.2. The van der Waals surface area contributed by atoms with Gasteiger partial charge in [0.15, 0.2) is 0 Å². The Kier molecular flexibility index (Phi) is 6.39. The second kappa shape index (κ2) is 9.34. The number of hydrogen-bond acceptors (Lipinski definition) is 7. The fraction of sp³-hybridized carbons (Fsp3) is 0.0476. The highest BCUT2D eigenvalue weighted by Crippen LogP contribution is 2.16. The molecule has 0 aliphatic carbocycles. The van der Waals surface area contributed by atoms with Gasteiger partial charge in [-0.1, -0.05) is 0 Å². The van der Waals surface area contributed by atoms with Gasteiger partial charge in [0, 0.05) is 35.4 Å². The summed E-state index contributed by atoms with van der Waals surface area (Å²) in [7, 11) is 1.62. The lowest BCUT2D eigenvalue weighted by molar-refractivity contribution is 0.0991. The number of rotatable bonds is 7. The summed E-state index contributed by atoms with van der Waals surface area (Å²) in [6, 6.07) is 13.0. The monoisotopic (exact) mass is 433 g/mol. The molecule has 0 saturated carbocycles. The first-order valence-electron chi connectivity index (χ1n) is 9.26. The topological polar surface area (TPSA) is 182 Å². The van der Waals surface area contributed by atoms with E-state index in [2.05, 4.69) is 25.9 Å². The highest BCUT2D eigenvalue weighted by Gasteiger charge is 2.13. The highest BCUT2D eigenvalue weighted by molar-refractivity contribution is 6.06. The molecular formula is C21H19N7O4. The Morgan fingerprint density at radius 1 is 0.656 bits per heavy atom. The summed E-state index contributed by atoms with van der Waals surface area (Å²) in [6.45, 7) is 0. The predicted molar refractivity (Wildman–Crippen MR) is 117 cm³/mol. The van der Waals surface area contributed by atoms with Crippen molar-refractivity contribution in [1.82, 2.24) is 9.97 Å². The molecule has 7 N–H and O–H groups in total. The first-order valence-corrected chi connectivity index (χ1v) is 9.26. The lowest BCUT2D eigenvalue weighted by Crippen LogP contribution is -2.18. The van der Waals surface area contributed by atoms with E-state index >= 15 is 0 Å². The minimum Gasteiger partial charge on any atom is -0.373 e. The fourth-order valence-electron chi connectivity index (χ4n) is 2.63. The van der Waals surface area contributed by atoms with Gasteiger partial charge in [-0.15, -0.1) is 0 Å². The minimum absolute atomic E-state index is 0.0554. The number of benzene rings is 2. The zero-order chi connectivity index (χ0) is 23.3. The molecule has 0 atom stereocenters. The standard InChI is InChI=1S/C21H19N7O4/c1-24-15-10-16(25-19(31)13-6-2-11(3-7-13)17(22)29)27-21(26-15)28-20(32)14-8-4-12(5-9-14)18(23)30/h2-10H,1H3,(H2,22,29)(H2,23,30)(H3,24,25,26,27,28,31,32). The fourth-order valence-corrected chi connectivity index (χ4v) is 2.63. The molecule has 162 valence electrons. The van der Waals surface area contributed by atoms with Crippen LogP contribution < -0.4 is 27.4 Å². The zero-order valence-corrected chi connectivity index (χ0v) is 16.9. The summed E-state index contributed by atoms with van der Waals surface area (Å²) in [6.07, 6.45) is 0. The van der Waals surface area contributed by atoms with E-state index in [1.165, 1.54) is 54.6 Å². The van der Waals surface area contributed by atoms with Gasteiger partial charge in [-0.3, -0.25) is 24.5 Å². The summed E-state index contributed by atoms with van der Waals surface area (Å²) in [5.41, 5.74) is 11.5. The zero-order valence-electron chi connectivity index (χ0n) is 16.9. The van der Waals surface area contributed by atoms with Crippen molar-refractivity contribution in [3.8, 4) is 0 Å². The molecule has 0 saturated heterocycles. The average molecular weight is 433 g/mol. The van der Waals surface area contributed by atoms with E-state index in [9.17, 15) is 19.2 Å². The van der Waals surface area contributed by atoms with E-state index in [4.69, 9.17) is 11.5 Å². The second-order valence-electron chi connectivity index (χ2n) is 6.50. The molecule has 11 nitrogen and oxygen atoms in total. The number of nitrogens with one attached hydrogen (secondary N) is 3. The van der Waals surface area contributed by atoms with Gasteiger partial charge >= 0.3 is 0 Å². The molecule has 11 heteroatoms. The number of nitrogens with zero attached hydrogens (tertiary/aromatic N) is 2. The molecule has 32 heavy (non-hydrogen) atoms. The quantitative estimate of drug-likeness (QED) is 0.371. The smallest absolute Gasteiger partial charge is 0.258 e. The van der Waals surface area contributed by atoms with Gasteiger partial charge in [-0.05, 0) is 48.5 Å². The maximum atomic E-state index is 12.5. The van der Waals surface area contributed by atoms with Crippen molar-refractivity contribution in [2.75, 3.05) is 23.0 Å². The summed E-state index contributed by atoms with van der Waals surface area (Å²) < 4.78 is 0. The molecule has 3 aromatic rings. The van der Waals surface area contributed by atoms with Crippen LogP contribution in [0.4, 0.5) is 17.6 Å². The number of nitrogens with two attached hydrogens (primary N) is 2. The van der Waals surface area contributed by atoms with Crippen molar-refractivity contribution in [3.05, 3.63) is 76.9 Å². The molecule has 3 rings (SSSR count). The molecule has 2 aromatic carbocycles. The lowest BCUT2D eigenvalue weighted by Gasteiger charge is -2.10. The van der Waals surface area contributed by atoms with Crippen molar-refractivity contribution < 1.29 is 19.2 Å². The van der Waals surface area contributed by atoms with Crippen LogP contribution in [0.2, 0.25) is 0 Å². The van der Waals surface area contributed by atoms with E-state index in [-0.39, 0.29) is 34.0 Å². The molecule has 1 heterocycles. The molecule has 0 aliphatic rings. The molecular weight excluding hydrogens is 414 g/mol. The SMILES string of the molecule is CNc1cc(NC(=O)c2ccc(C(N)=O)cc2)nc(NC(=O)c2ccc(C(N)=O)cc2)n1. The molecule has 0 unspecified atom stereocenters. The van der Waals surface area contributed by atoms with Gasteiger partial charge in [-0.25, -0.2) is 0 Å². The summed E-state index contributed by atoms with van der Waals surface area (Å²) in [5.74, 6) is -1.79. The van der Waals surface area contributed by atoms with Crippen LogP contribution in [0, 0.1) is 0 Å². The van der Waals surface area contributed by atoms with Crippen LogP contribution in [0.3, 0.4) is 0 Å². The number of carbonyl (C=O) groups is 4. The van der Waals surface area contributed by atoms with E-state index in [0.717, 1.165) is 0 Å². The Morgan fingerprint density at radius 2 is 1.06 bits per heavy atom. The maximum Gasteiger partial charge on any atom is 0.258 e. The van der Waals surface area contributed by atoms with Gasteiger partial charge < -0.3 is 22.1 Å². The molecule has 4 amide bonds. The summed E-state index contributed by atoms with van der Waals surface area (Å²) in [4.78, 5) is 55.6. The van der Waals surface area contributed by atoms with Gasteiger partial charge in [0.1, 0.15) is 11.6 Å². The van der Waals surface area contributed by atoms with E-state index < -0.39 is 23.6 Å². The van der Waals surface area contributed by atoms with Crippen LogP contribution in [0.15, 0.2) is 54.6 Å². The number of anilines is 3. The molecule has 0 bridgehead atoms. The second-order valence-corrected chi connectivity index (χ2v) is 6.50. The summed E-state index contributed by atoms with van der Waals surface area (Å²) >= 11 is 0. The Labute approximate surface area is 182 Å². The lowest BCUT2D eigenvalue weighted by atomic mass is 10.1.